The van der Waals surface area contributed by atoms with Gasteiger partial charge in [0.05, 0.1) is 23.4 Å². The van der Waals surface area contributed by atoms with Crippen LogP contribution in [0.25, 0.3) is 11.0 Å². The molecule has 1 amide bonds. The van der Waals surface area contributed by atoms with Crippen LogP contribution < -0.4 is 10.1 Å². The second-order valence-corrected chi connectivity index (χ2v) is 6.44. The van der Waals surface area contributed by atoms with Gasteiger partial charge in [-0.1, -0.05) is 25.6 Å². The summed E-state index contributed by atoms with van der Waals surface area (Å²) in [4.78, 5) is 19.4. The molecule has 2 rings (SSSR count). The molecule has 2 aromatic rings. The van der Waals surface area contributed by atoms with Crippen LogP contribution in [0.15, 0.2) is 23.4 Å². The van der Waals surface area contributed by atoms with E-state index in [-0.39, 0.29) is 5.91 Å². The first-order chi connectivity index (χ1) is 10.6. The van der Waals surface area contributed by atoms with Crippen molar-refractivity contribution in [2.24, 2.45) is 5.92 Å². The maximum Gasteiger partial charge on any atom is 0.230 e. The number of carbonyl (C=O) groups excluding carboxylic acids is 1. The molecule has 1 aromatic carbocycles. The zero-order valence-corrected chi connectivity index (χ0v) is 14.1. The highest BCUT2D eigenvalue weighted by Gasteiger charge is 2.08. The number of hydrogen-bond acceptors (Lipinski definition) is 4. The fourth-order valence-corrected chi connectivity index (χ4v) is 2.69. The fraction of sp³-hybridized carbons (Fsp3) is 0.500. The molecule has 22 heavy (non-hydrogen) atoms. The molecule has 0 radical (unpaired) electrons. The molecule has 120 valence electrons. The Labute approximate surface area is 135 Å². The third-order valence-electron chi connectivity index (χ3n) is 3.13. The number of amides is 1. The van der Waals surface area contributed by atoms with Crippen LogP contribution in [-0.4, -0.2) is 34.8 Å². The van der Waals surface area contributed by atoms with Gasteiger partial charge in [-0.3, -0.25) is 4.79 Å². The molecule has 0 bridgehead atoms. The highest BCUT2D eigenvalue weighted by atomic mass is 32.2. The Morgan fingerprint density at radius 1 is 1.45 bits per heavy atom. The summed E-state index contributed by atoms with van der Waals surface area (Å²) in [6, 6.07) is 5.75. The van der Waals surface area contributed by atoms with E-state index in [2.05, 4.69) is 29.1 Å². The van der Waals surface area contributed by atoms with Crippen molar-refractivity contribution < 1.29 is 9.53 Å². The molecule has 0 spiro atoms. The molecule has 6 heteroatoms. The number of carbonyl (C=O) groups is 1. The average molecular weight is 321 g/mol. The number of fused-ring (bicyclic) bond motifs is 1. The SMILES string of the molecule is CCOc1ccc2nc(SCC(=O)NCCC(C)C)[nH]c2c1. The van der Waals surface area contributed by atoms with Gasteiger partial charge in [0.2, 0.25) is 5.91 Å². The number of nitrogens with zero attached hydrogens (tertiary/aromatic N) is 1. The summed E-state index contributed by atoms with van der Waals surface area (Å²) in [5.74, 6) is 1.83. The van der Waals surface area contributed by atoms with E-state index >= 15 is 0 Å². The molecule has 0 fully saturated rings. The van der Waals surface area contributed by atoms with Crippen molar-refractivity contribution in [2.75, 3.05) is 18.9 Å². The second kappa shape index (κ2) is 8.08. The van der Waals surface area contributed by atoms with Crippen LogP contribution in [0.2, 0.25) is 0 Å². The lowest BCUT2D eigenvalue weighted by molar-refractivity contribution is -0.118. The highest BCUT2D eigenvalue weighted by Crippen LogP contribution is 2.23. The molecule has 0 saturated heterocycles. The largest absolute Gasteiger partial charge is 0.494 e. The minimum absolute atomic E-state index is 0.0427. The number of aromatic amines is 1. The van der Waals surface area contributed by atoms with Crippen LogP contribution in [0.4, 0.5) is 0 Å². The Bertz CT molecular complexity index is 625. The summed E-state index contributed by atoms with van der Waals surface area (Å²) in [6.45, 7) is 7.61. The molecular formula is C16H23N3O2S. The van der Waals surface area contributed by atoms with E-state index in [0.29, 0.717) is 18.3 Å². The summed E-state index contributed by atoms with van der Waals surface area (Å²) in [7, 11) is 0. The van der Waals surface area contributed by atoms with Crippen LogP contribution in [0.1, 0.15) is 27.2 Å². The number of benzene rings is 1. The normalized spacial score (nSPS) is 11.1. The maximum absolute atomic E-state index is 11.8. The molecular weight excluding hydrogens is 298 g/mol. The summed E-state index contributed by atoms with van der Waals surface area (Å²) in [5.41, 5.74) is 1.81. The fourth-order valence-electron chi connectivity index (χ4n) is 1.98. The Hall–Kier alpha value is -1.69. The van der Waals surface area contributed by atoms with Crippen LogP contribution in [0, 0.1) is 5.92 Å². The van der Waals surface area contributed by atoms with Crippen LogP contribution in [-0.2, 0) is 4.79 Å². The first-order valence-corrected chi connectivity index (χ1v) is 8.59. The predicted molar refractivity (Wildman–Crippen MR) is 90.5 cm³/mol. The first-order valence-electron chi connectivity index (χ1n) is 7.60. The minimum atomic E-state index is 0.0427. The molecule has 0 aliphatic carbocycles. The van der Waals surface area contributed by atoms with Crippen LogP contribution >= 0.6 is 11.8 Å². The molecule has 2 N–H and O–H groups in total. The quantitative estimate of drug-likeness (QED) is 0.733. The Morgan fingerprint density at radius 3 is 3.00 bits per heavy atom. The van der Waals surface area contributed by atoms with Crippen molar-refractivity contribution in [3.63, 3.8) is 0 Å². The van der Waals surface area contributed by atoms with Gasteiger partial charge in [-0.2, -0.15) is 0 Å². The number of aromatic nitrogens is 2. The Balaban J connectivity index is 1.87. The lowest BCUT2D eigenvalue weighted by atomic mass is 10.1. The lowest BCUT2D eigenvalue weighted by Crippen LogP contribution is -2.26. The third-order valence-corrected chi connectivity index (χ3v) is 4.00. The first kappa shape index (κ1) is 16.7. The smallest absolute Gasteiger partial charge is 0.230 e. The zero-order valence-electron chi connectivity index (χ0n) is 13.3. The van der Waals surface area contributed by atoms with Crippen molar-refractivity contribution in [3.05, 3.63) is 18.2 Å². The van der Waals surface area contributed by atoms with E-state index in [1.54, 1.807) is 0 Å². The molecule has 5 nitrogen and oxygen atoms in total. The number of hydrogen-bond donors (Lipinski definition) is 2. The number of imidazole rings is 1. The van der Waals surface area contributed by atoms with E-state index in [0.717, 1.165) is 34.9 Å². The van der Waals surface area contributed by atoms with Crippen LogP contribution in [0.5, 0.6) is 5.75 Å². The number of thioether (sulfide) groups is 1. The van der Waals surface area contributed by atoms with Gasteiger partial charge in [0.1, 0.15) is 5.75 Å². The molecule has 0 aliphatic heterocycles. The van der Waals surface area contributed by atoms with E-state index in [9.17, 15) is 4.79 Å². The van der Waals surface area contributed by atoms with Gasteiger partial charge >= 0.3 is 0 Å². The number of rotatable bonds is 8. The third kappa shape index (κ3) is 4.94. The van der Waals surface area contributed by atoms with Crippen molar-refractivity contribution in [3.8, 4) is 5.75 Å². The van der Waals surface area contributed by atoms with Crippen LogP contribution in [0.3, 0.4) is 0 Å². The van der Waals surface area contributed by atoms with Gasteiger partial charge in [0.15, 0.2) is 5.16 Å². The molecule has 0 saturated carbocycles. The predicted octanol–water partition coefficient (Wildman–Crippen LogP) is 3.22. The van der Waals surface area contributed by atoms with E-state index < -0.39 is 0 Å². The highest BCUT2D eigenvalue weighted by molar-refractivity contribution is 7.99. The molecule has 0 atom stereocenters. The van der Waals surface area contributed by atoms with Crippen molar-refractivity contribution in [1.82, 2.24) is 15.3 Å². The van der Waals surface area contributed by atoms with Gasteiger partial charge in [-0.15, -0.1) is 0 Å². The van der Waals surface area contributed by atoms with Gasteiger partial charge in [-0.25, -0.2) is 4.98 Å². The van der Waals surface area contributed by atoms with Gasteiger partial charge < -0.3 is 15.0 Å². The molecule has 1 heterocycles. The topological polar surface area (TPSA) is 67.0 Å². The number of nitrogens with one attached hydrogen (secondary N) is 2. The van der Waals surface area contributed by atoms with E-state index in [1.807, 2.05) is 25.1 Å². The van der Waals surface area contributed by atoms with Gasteiger partial charge in [0.25, 0.3) is 0 Å². The average Bonchev–Trinajstić information content (AvgIpc) is 2.87. The van der Waals surface area contributed by atoms with E-state index in [1.165, 1.54) is 11.8 Å². The number of H-pyrrole nitrogens is 1. The molecule has 0 unspecified atom stereocenters. The van der Waals surface area contributed by atoms with E-state index in [4.69, 9.17) is 4.74 Å². The summed E-state index contributed by atoms with van der Waals surface area (Å²) < 4.78 is 5.47. The second-order valence-electron chi connectivity index (χ2n) is 5.48. The Kier molecular flexibility index (Phi) is 6.12. The summed E-state index contributed by atoms with van der Waals surface area (Å²) in [5, 5.41) is 3.67. The monoisotopic (exact) mass is 321 g/mol. The molecule has 0 aliphatic rings. The van der Waals surface area contributed by atoms with Crippen molar-refractivity contribution in [2.45, 2.75) is 32.3 Å². The molecule has 1 aromatic heterocycles. The standard InChI is InChI=1S/C16H23N3O2S/c1-4-21-12-5-6-13-14(9-12)19-16(18-13)22-10-15(20)17-8-7-11(2)3/h5-6,9,11H,4,7-8,10H2,1-3H3,(H,17,20)(H,18,19). The van der Waals surface area contributed by atoms with Crippen molar-refractivity contribution in [1.29, 1.82) is 0 Å². The summed E-state index contributed by atoms with van der Waals surface area (Å²) >= 11 is 1.41. The zero-order chi connectivity index (χ0) is 15.9. The summed E-state index contributed by atoms with van der Waals surface area (Å²) in [6.07, 6.45) is 1.00. The Morgan fingerprint density at radius 2 is 2.27 bits per heavy atom. The minimum Gasteiger partial charge on any atom is -0.494 e. The number of ether oxygens (including phenoxy) is 1. The lowest BCUT2D eigenvalue weighted by Gasteiger charge is -2.06. The van der Waals surface area contributed by atoms with Crippen molar-refractivity contribution >= 4 is 28.7 Å². The van der Waals surface area contributed by atoms with Gasteiger partial charge in [0, 0.05) is 12.6 Å². The maximum atomic E-state index is 11.8. The van der Waals surface area contributed by atoms with Gasteiger partial charge in [-0.05, 0) is 31.4 Å².